The zero-order valence-electron chi connectivity index (χ0n) is 15.0. The fourth-order valence-corrected chi connectivity index (χ4v) is 4.19. The van der Waals surface area contributed by atoms with E-state index in [0.717, 1.165) is 35.5 Å². The van der Waals surface area contributed by atoms with Crippen LogP contribution in [0.25, 0.3) is 0 Å². The maximum absolute atomic E-state index is 13.0. The summed E-state index contributed by atoms with van der Waals surface area (Å²) in [5, 5.41) is 0. The molecular weight excluding hydrogens is 328 g/mol. The Morgan fingerprint density at radius 3 is 2.73 bits per heavy atom. The first-order chi connectivity index (χ1) is 12.7. The van der Waals surface area contributed by atoms with Gasteiger partial charge in [0.25, 0.3) is 0 Å². The third-order valence-corrected chi connectivity index (χ3v) is 5.45. The number of ether oxygens (including phenoxy) is 2. The number of carbonyl (C=O) groups is 1. The molecule has 5 heteroatoms. The lowest BCUT2D eigenvalue weighted by Crippen LogP contribution is -2.59. The van der Waals surface area contributed by atoms with Gasteiger partial charge in [0.05, 0.1) is 7.11 Å². The molecule has 136 valence electrons. The molecule has 2 unspecified atom stereocenters. The number of methoxy groups -OCH3 is 1. The van der Waals surface area contributed by atoms with E-state index < -0.39 is 5.72 Å². The molecule has 2 aromatic carbocycles. The molecule has 5 nitrogen and oxygen atoms in total. The van der Waals surface area contributed by atoms with Gasteiger partial charge in [-0.05, 0) is 48.9 Å². The van der Waals surface area contributed by atoms with Crippen LogP contribution < -0.4 is 15.2 Å². The molecule has 1 fully saturated rings. The first-order valence-corrected chi connectivity index (χ1v) is 9.11. The van der Waals surface area contributed by atoms with Crippen molar-refractivity contribution in [3.63, 3.8) is 0 Å². The Balaban J connectivity index is 1.83. The van der Waals surface area contributed by atoms with Crippen molar-refractivity contribution < 1.29 is 14.3 Å². The molecule has 0 aliphatic carbocycles. The van der Waals surface area contributed by atoms with E-state index in [0.29, 0.717) is 19.5 Å². The molecule has 26 heavy (non-hydrogen) atoms. The molecule has 2 heterocycles. The number of piperidine rings is 1. The molecule has 2 aromatic rings. The second kappa shape index (κ2) is 6.65. The average Bonchev–Trinajstić information content (AvgIpc) is 2.68. The number of fused-ring (bicyclic) bond motifs is 4. The van der Waals surface area contributed by atoms with Crippen molar-refractivity contribution in [2.75, 3.05) is 20.2 Å². The molecule has 0 saturated carbocycles. The van der Waals surface area contributed by atoms with E-state index in [-0.39, 0.29) is 11.8 Å². The molecule has 0 spiro atoms. The van der Waals surface area contributed by atoms with Crippen molar-refractivity contribution in [2.24, 2.45) is 5.73 Å². The molecule has 1 saturated heterocycles. The van der Waals surface area contributed by atoms with Crippen LogP contribution in [0.4, 0.5) is 0 Å². The predicted octanol–water partition coefficient (Wildman–Crippen LogP) is 3.00. The van der Waals surface area contributed by atoms with Crippen LogP contribution in [0, 0.1) is 0 Å². The largest absolute Gasteiger partial charge is 0.497 e. The van der Waals surface area contributed by atoms with Crippen LogP contribution in [0.5, 0.6) is 11.5 Å². The lowest BCUT2D eigenvalue weighted by atomic mass is 9.77. The molecule has 2 N–H and O–H groups in total. The van der Waals surface area contributed by atoms with Crippen LogP contribution in [0.2, 0.25) is 0 Å². The molecule has 2 aliphatic rings. The third kappa shape index (κ3) is 2.63. The SMILES string of the molecule is COc1ccc(C23CC(CC(=O)N2CCCN)c2ccccc2O3)cc1. The summed E-state index contributed by atoms with van der Waals surface area (Å²) < 4.78 is 11.8. The quantitative estimate of drug-likeness (QED) is 0.898. The number of likely N-dealkylation sites (tertiary alicyclic amines) is 1. The lowest BCUT2D eigenvalue weighted by molar-refractivity contribution is -0.173. The Hall–Kier alpha value is -2.53. The molecule has 2 atom stereocenters. The van der Waals surface area contributed by atoms with Crippen molar-refractivity contribution in [2.45, 2.75) is 30.9 Å². The van der Waals surface area contributed by atoms with E-state index in [9.17, 15) is 4.79 Å². The number of hydrogen-bond donors (Lipinski definition) is 1. The summed E-state index contributed by atoms with van der Waals surface area (Å²) >= 11 is 0. The summed E-state index contributed by atoms with van der Waals surface area (Å²) in [4.78, 5) is 14.9. The molecule has 1 amide bonds. The van der Waals surface area contributed by atoms with Gasteiger partial charge in [-0.2, -0.15) is 0 Å². The van der Waals surface area contributed by atoms with Gasteiger partial charge in [-0.1, -0.05) is 18.2 Å². The van der Waals surface area contributed by atoms with Gasteiger partial charge in [0.2, 0.25) is 11.6 Å². The first-order valence-electron chi connectivity index (χ1n) is 9.11. The summed E-state index contributed by atoms with van der Waals surface area (Å²) in [6, 6.07) is 15.9. The van der Waals surface area contributed by atoms with Gasteiger partial charge in [0, 0.05) is 30.9 Å². The van der Waals surface area contributed by atoms with Gasteiger partial charge in [-0.25, -0.2) is 0 Å². The van der Waals surface area contributed by atoms with Crippen LogP contribution in [0.3, 0.4) is 0 Å². The van der Waals surface area contributed by atoms with Crippen molar-refractivity contribution >= 4 is 5.91 Å². The van der Waals surface area contributed by atoms with Gasteiger partial charge in [0.15, 0.2) is 0 Å². The number of amides is 1. The topological polar surface area (TPSA) is 64.8 Å². The Bertz CT molecular complexity index is 805. The summed E-state index contributed by atoms with van der Waals surface area (Å²) in [6.45, 7) is 1.14. The fraction of sp³-hybridized carbons (Fsp3) is 0.381. The number of benzene rings is 2. The second-order valence-corrected chi connectivity index (χ2v) is 6.95. The molecular formula is C21H24N2O3. The summed E-state index contributed by atoms with van der Waals surface area (Å²) in [5.41, 5.74) is 7.04. The number of para-hydroxylation sites is 1. The highest BCUT2D eigenvalue weighted by Gasteiger charge is 2.52. The van der Waals surface area contributed by atoms with Crippen LogP contribution in [-0.2, 0) is 10.5 Å². The maximum atomic E-state index is 13.0. The monoisotopic (exact) mass is 352 g/mol. The third-order valence-electron chi connectivity index (χ3n) is 5.45. The van der Waals surface area contributed by atoms with Crippen LogP contribution in [0.15, 0.2) is 48.5 Å². The maximum Gasteiger partial charge on any atom is 0.226 e. The molecule has 0 aromatic heterocycles. The molecule has 2 bridgehead atoms. The highest BCUT2D eigenvalue weighted by Crippen LogP contribution is 2.52. The minimum Gasteiger partial charge on any atom is -0.497 e. The Kier molecular flexibility index (Phi) is 4.32. The highest BCUT2D eigenvalue weighted by atomic mass is 16.5. The van der Waals surface area contributed by atoms with E-state index in [1.54, 1.807) is 7.11 Å². The van der Waals surface area contributed by atoms with Gasteiger partial charge in [-0.15, -0.1) is 0 Å². The number of nitrogens with two attached hydrogens (primary N) is 1. The standard InChI is InChI=1S/C21H24N2O3/c1-25-17-9-7-16(8-10-17)21-14-15(13-20(24)23(21)12-4-11-22)18-5-2-3-6-19(18)26-21/h2-3,5-10,15H,4,11-14,22H2,1H3. The number of rotatable bonds is 5. The Labute approximate surface area is 153 Å². The van der Waals surface area contributed by atoms with Crippen molar-refractivity contribution in [1.29, 1.82) is 0 Å². The van der Waals surface area contributed by atoms with E-state index >= 15 is 0 Å². The molecule has 0 radical (unpaired) electrons. The molecule has 4 rings (SSSR count). The zero-order chi connectivity index (χ0) is 18.1. The average molecular weight is 352 g/mol. The number of hydrogen-bond acceptors (Lipinski definition) is 4. The number of carbonyl (C=O) groups excluding carboxylic acids is 1. The molecule has 2 aliphatic heterocycles. The van der Waals surface area contributed by atoms with Gasteiger partial charge in [-0.3, -0.25) is 4.79 Å². The smallest absolute Gasteiger partial charge is 0.226 e. The summed E-state index contributed by atoms with van der Waals surface area (Å²) in [7, 11) is 1.65. The summed E-state index contributed by atoms with van der Waals surface area (Å²) in [5.74, 6) is 1.95. The first kappa shape index (κ1) is 16.9. The normalized spacial score (nSPS) is 24.0. The van der Waals surface area contributed by atoms with E-state index in [2.05, 4.69) is 6.07 Å². The Morgan fingerprint density at radius 1 is 1.23 bits per heavy atom. The van der Waals surface area contributed by atoms with Crippen LogP contribution in [-0.4, -0.2) is 31.0 Å². The van der Waals surface area contributed by atoms with Gasteiger partial charge < -0.3 is 20.1 Å². The van der Waals surface area contributed by atoms with Crippen molar-refractivity contribution in [3.8, 4) is 11.5 Å². The van der Waals surface area contributed by atoms with Crippen LogP contribution in [0.1, 0.15) is 36.3 Å². The van der Waals surface area contributed by atoms with Crippen molar-refractivity contribution in [1.82, 2.24) is 4.90 Å². The second-order valence-electron chi connectivity index (χ2n) is 6.95. The Morgan fingerprint density at radius 2 is 2.00 bits per heavy atom. The van der Waals surface area contributed by atoms with E-state index in [1.165, 1.54) is 0 Å². The van der Waals surface area contributed by atoms with E-state index in [1.807, 2.05) is 47.4 Å². The van der Waals surface area contributed by atoms with E-state index in [4.69, 9.17) is 15.2 Å². The van der Waals surface area contributed by atoms with Gasteiger partial charge in [0.1, 0.15) is 11.5 Å². The zero-order valence-corrected chi connectivity index (χ0v) is 15.0. The van der Waals surface area contributed by atoms with Crippen LogP contribution >= 0.6 is 0 Å². The lowest BCUT2D eigenvalue weighted by Gasteiger charge is -2.52. The van der Waals surface area contributed by atoms with Gasteiger partial charge >= 0.3 is 0 Å². The fourth-order valence-electron chi connectivity index (χ4n) is 4.19. The minimum atomic E-state index is -0.782. The minimum absolute atomic E-state index is 0.125. The number of nitrogens with zero attached hydrogens (tertiary/aromatic N) is 1. The predicted molar refractivity (Wildman–Crippen MR) is 99.1 cm³/mol. The highest BCUT2D eigenvalue weighted by molar-refractivity contribution is 5.80. The summed E-state index contributed by atoms with van der Waals surface area (Å²) in [6.07, 6.45) is 2.02. The van der Waals surface area contributed by atoms with Crippen molar-refractivity contribution in [3.05, 3.63) is 59.7 Å².